The molecule has 2 rings (SSSR count). The summed E-state index contributed by atoms with van der Waals surface area (Å²) in [5.74, 6) is 0.278. The van der Waals surface area contributed by atoms with Crippen molar-refractivity contribution in [2.45, 2.75) is 19.9 Å². The molecular weight excluding hydrogens is 378 g/mol. The Balaban J connectivity index is 2.03. The minimum Gasteiger partial charge on any atom is -0.495 e. The molecule has 0 aliphatic heterocycles. The molecule has 6 nitrogen and oxygen atoms in total. The van der Waals surface area contributed by atoms with Gasteiger partial charge in [0.05, 0.1) is 19.8 Å². The molecule has 0 saturated heterocycles. The van der Waals surface area contributed by atoms with Crippen LogP contribution in [0.4, 0.5) is 11.4 Å². The number of likely N-dealkylation sites (N-methyl/N-ethyl adjacent to an activating group) is 2. The van der Waals surface area contributed by atoms with Crippen molar-refractivity contribution in [3.05, 3.63) is 53.6 Å². The quantitative estimate of drug-likeness (QED) is 0.709. The van der Waals surface area contributed by atoms with E-state index >= 15 is 0 Å². The molecule has 0 aliphatic carbocycles. The van der Waals surface area contributed by atoms with E-state index in [1.165, 1.54) is 7.11 Å². The second kappa shape index (κ2) is 10.1. The number of nitrogens with one attached hydrogen (secondary N) is 2. The van der Waals surface area contributed by atoms with Crippen molar-refractivity contribution >= 4 is 34.8 Å². The standard InChI is InChI=1S/C21H26ClN3O3/c1-5-25(17-9-7-6-8-10-17)21(27)15(2)24(3)14-20(26)23-18-13-16(22)11-12-19(18)28-4/h6-13,15H,5,14H2,1-4H3,(H,23,26)/p+1/t15-/m0/s1. The molecule has 0 bridgehead atoms. The number of anilines is 2. The lowest BCUT2D eigenvalue weighted by Crippen LogP contribution is -3.15. The number of quaternary nitrogens is 1. The van der Waals surface area contributed by atoms with Crippen LogP contribution in [0.3, 0.4) is 0 Å². The maximum Gasteiger partial charge on any atom is 0.284 e. The fraction of sp³-hybridized carbons (Fsp3) is 0.333. The van der Waals surface area contributed by atoms with Crippen molar-refractivity contribution < 1.29 is 19.2 Å². The number of amides is 2. The first-order valence-corrected chi connectivity index (χ1v) is 9.57. The smallest absolute Gasteiger partial charge is 0.284 e. The number of halogens is 1. The van der Waals surface area contributed by atoms with Gasteiger partial charge in [0.2, 0.25) is 0 Å². The van der Waals surface area contributed by atoms with Crippen LogP contribution in [-0.4, -0.2) is 45.1 Å². The molecule has 28 heavy (non-hydrogen) atoms. The zero-order valence-corrected chi connectivity index (χ0v) is 17.4. The molecule has 150 valence electrons. The normalized spacial score (nSPS) is 12.8. The Hall–Kier alpha value is -2.57. The second-order valence-corrected chi connectivity index (χ2v) is 6.99. The van der Waals surface area contributed by atoms with Crippen LogP contribution in [0, 0.1) is 0 Å². The van der Waals surface area contributed by atoms with Gasteiger partial charge in [-0.05, 0) is 44.2 Å². The summed E-state index contributed by atoms with van der Waals surface area (Å²) in [5, 5.41) is 3.31. The number of carbonyl (C=O) groups is 2. The summed E-state index contributed by atoms with van der Waals surface area (Å²) in [6, 6.07) is 14.2. The third-order valence-corrected chi connectivity index (χ3v) is 4.87. The van der Waals surface area contributed by atoms with E-state index in [9.17, 15) is 9.59 Å². The highest BCUT2D eigenvalue weighted by atomic mass is 35.5. The van der Waals surface area contributed by atoms with E-state index in [0.29, 0.717) is 23.0 Å². The Bertz CT molecular complexity index is 814. The fourth-order valence-electron chi connectivity index (χ4n) is 2.90. The van der Waals surface area contributed by atoms with Crippen LogP contribution < -0.4 is 19.9 Å². The molecule has 0 saturated carbocycles. The van der Waals surface area contributed by atoms with Gasteiger partial charge in [0.1, 0.15) is 5.75 Å². The minimum atomic E-state index is -0.382. The lowest BCUT2D eigenvalue weighted by atomic mass is 10.2. The summed E-state index contributed by atoms with van der Waals surface area (Å²) in [7, 11) is 3.36. The van der Waals surface area contributed by atoms with Gasteiger partial charge in [-0.1, -0.05) is 29.8 Å². The molecule has 2 amide bonds. The number of para-hydroxylation sites is 1. The van der Waals surface area contributed by atoms with Crippen molar-refractivity contribution in [2.75, 3.05) is 37.5 Å². The second-order valence-electron chi connectivity index (χ2n) is 6.56. The number of nitrogens with zero attached hydrogens (tertiary/aromatic N) is 1. The fourth-order valence-corrected chi connectivity index (χ4v) is 3.07. The highest BCUT2D eigenvalue weighted by Gasteiger charge is 2.28. The highest BCUT2D eigenvalue weighted by Crippen LogP contribution is 2.27. The van der Waals surface area contributed by atoms with Crippen molar-refractivity contribution in [3.8, 4) is 5.75 Å². The van der Waals surface area contributed by atoms with Crippen molar-refractivity contribution in [1.82, 2.24) is 0 Å². The van der Waals surface area contributed by atoms with Crippen LogP contribution in [0.2, 0.25) is 5.02 Å². The van der Waals surface area contributed by atoms with E-state index in [0.717, 1.165) is 10.6 Å². The molecule has 2 aromatic carbocycles. The van der Waals surface area contributed by atoms with E-state index in [-0.39, 0.29) is 24.4 Å². The average Bonchev–Trinajstić information content (AvgIpc) is 2.68. The van der Waals surface area contributed by atoms with Gasteiger partial charge in [0.15, 0.2) is 12.6 Å². The molecule has 0 fully saturated rings. The van der Waals surface area contributed by atoms with Gasteiger partial charge in [-0.25, -0.2) is 0 Å². The topological polar surface area (TPSA) is 63.1 Å². The summed E-state index contributed by atoms with van der Waals surface area (Å²) in [5.41, 5.74) is 1.36. The first-order valence-electron chi connectivity index (χ1n) is 9.19. The summed E-state index contributed by atoms with van der Waals surface area (Å²) >= 11 is 6.00. The largest absolute Gasteiger partial charge is 0.495 e. The Labute approximate surface area is 171 Å². The third kappa shape index (κ3) is 5.47. The molecule has 2 aromatic rings. The van der Waals surface area contributed by atoms with Gasteiger partial charge in [0, 0.05) is 17.3 Å². The Morgan fingerprint density at radius 1 is 1.21 bits per heavy atom. The predicted octanol–water partition coefficient (Wildman–Crippen LogP) is 2.24. The van der Waals surface area contributed by atoms with Crippen molar-refractivity contribution in [3.63, 3.8) is 0 Å². The number of ether oxygens (including phenoxy) is 1. The highest BCUT2D eigenvalue weighted by molar-refractivity contribution is 6.31. The number of methoxy groups -OCH3 is 1. The van der Waals surface area contributed by atoms with E-state index in [1.54, 1.807) is 23.1 Å². The average molecular weight is 405 g/mol. The molecule has 2 N–H and O–H groups in total. The zero-order valence-electron chi connectivity index (χ0n) is 16.7. The molecule has 0 spiro atoms. The first-order chi connectivity index (χ1) is 13.4. The molecule has 0 heterocycles. The van der Waals surface area contributed by atoms with Gasteiger partial charge in [-0.3, -0.25) is 9.59 Å². The van der Waals surface area contributed by atoms with Gasteiger partial charge in [0.25, 0.3) is 11.8 Å². The minimum absolute atomic E-state index is 0.0284. The number of rotatable bonds is 8. The number of benzene rings is 2. The van der Waals surface area contributed by atoms with E-state index in [2.05, 4.69) is 5.32 Å². The lowest BCUT2D eigenvalue weighted by Gasteiger charge is -2.27. The lowest BCUT2D eigenvalue weighted by molar-refractivity contribution is -0.885. The summed E-state index contributed by atoms with van der Waals surface area (Å²) in [4.78, 5) is 27.9. The third-order valence-electron chi connectivity index (χ3n) is 4.63. The van der Waals surface area contributed by atoms with Gasteiger partial charge >= 0.3 is 0 Å². The van der Waals surface area contributed by atoms with Crippen LogP contribution in [0.15, 0.2) is 48.5 Å². The maximum atomic E-state index is 12.9. The molecular formula is C21H27ClN3O3+. The molecule has 0 radical (unpaired) electrons. The molecule has 2 atom stereocenters. The van der Waals surface area contributed by atoms with Gasteiger partial charge in [-0.2, -0.15) is 0 Å². The van der Waals surface area contributed by atoms with Gasteiger partial charge < -0.3 is 19.9 Å². The Kier molecular flexibility index (Phi) is 7.84. The van der Waals surface area contributed by atoms with Crippen LogP contribution >= 0.6 is 11.6 Å². The molecule has 1 unspecified atom stereocenters. The maximum absolute atomic E-state index is 12.9. The van der Waals surface area contributed by atoms with Crippen LogP contribution in [0.25, 0.3) is 0 Å². The molecule has 0 aliphatic rings. The molecule has 7 heteroatoms. The monoisotopic (exact) mass is 404 g/mol. The van der Waals surface area contributed by atoms with Crippen molar-refractivity contribution in [1.29, 1.82) is 0 Å². The number of carbonyl (C=O) groups excluding carboxylic acids is 2. The summed E-state index contributed by atoms with van der Waals surface area (Å²) < 4.78 is 5.25. The molecule has 0 aromatic heterocycles. The van der Waals surface area contributed by atoms with Gasteiger partial charge in [-0.15, -0.1) is 0 Å². The van der Waals surface area contributed by atoms with Crippen molar-refractivity contribution in [2.24, 2.45) is 0 Å². The van der Waals surface area contributed by atoms with E-state index in [4.69, 9.17) is 16.3 Å². The zero-order chi connectivity index (χ0) is 20.7. The predicted molar refractivity (Wildman–Crippen MR) is 112 cm³/mol. The van der Waals surface area contributed by atoms with Crippen LogP contribution in [0.5, 0.6) is 5.75 Å². The summed E-state index contributed by atoms with van der Waals surface area (Å²) in [6.45, 7) is 4.46. The number of hydrogen-bond acceptors (Lipinski definition) is 3. The van der Waals surface area contributed by atoms with Crippen LogP contribution in [-0.2, 0) is 9.59 Å². The Morgan fingerprint density at radius 2 is 1.89 bits per heavy atom. The summed E-state index contributed by atoms with van der Waals surface area (Å²) in [6.07, 6.45) is 0. The van der Waals surface area contributed by atoms with E-state index < -0.39 is 0 Å². The van der Waals surface area contributed by atoms with Crippen LogP contribution in [0.1, 0.15) is 13.8 Å². The number of hydrogen-bond donors (Lipinski definition) is 2. The SMILES string of the molecule is CCN(C(=O)[C@H](C)[NH+](C)CC(=O)Nc1cc(Cl)ccc1OC)c1ccccc1. The Morgan fingerprint density at radius 3 is 2.50 bits per heavy atom. The first kappa shape index (κ1) is 21.7. The van der Waals surface area contributed by atoms with E-state index in [1.807, 2.05) is 51.2 Å².